The Balaban J connectivity index is 0.838. The number of carbonyl (C=O) groups excluding carboxylic acids is 10. The zero-order valence-electron chi connectivity index (χ0n) is 58.2. The first-order valence-electron chi connectivity index (χ1n) is 33.9. The lowest BCUT2D eigenvalue weighted by Crippen LogP contribution is -2.63. The van der Waals surface area contributed by atoms with Crippen molar-refractivity contribution >= 4 is 112 Å². The van der Waals surface area contributed by atoms with E-state index in [-0.39, 0.29) is 126 Å². The van der Waals surface area contributed by atoms with Crippen LogP contribution in [-0.2, 0) is 78.0 Å². The van der Waals surface area contributed by atoms with Gasteiger partial charge in [-0.1, -0.05) is 75.4 Å². The maximum absolute atomic E-state index is 14.5. The maximum Gasteiger partial charge on any atom is 0.409 e. The second-order valence-corrected chi connectivity index (χ2v) is 31.6. The molecule has 0 aromatic heterocycles. The number of likely N-dealkylation sites (N-methyl/N-ethyl adjacent to an activating group) is 1. The molecular weight excluding hydrogens is 1350 g/mol. The highest BCUT2D eigenvalue weighted by molar-refractivity contribution is 8.03. The molecule has 1 aromatic carbocycles. The van der Waals surface area contributed by atoms with Crippen molar-refractivity contribution in [1.29, 1.82) is 0 Å². The second-order valence-electron chi connectivity index (χ2n) is 26.6. The number of carbonyl (C=O) groups is 10. The number of halogens is 1. The molecule has 1 aromatic rings. The van der Waals surface area contributed by atoms with E-state index < -0.39 is 99.8 Å². The van der Waals surface area contributed by atoms with Crippen molar-refractivity contribution < 1.29 is 86.2 Å². The van der Waals surface area contributed by atoms with Gasteiger partial charge in [0, 0.05) is 132 Å². The van der Waals surface area contributed by atoms with Crippen LogP contribution in [-0.4, -0.2) is 247 Å². The van der Waals surface area contributed by atoms with Gasteiger partial charge in [0.15, 0.2) is 5.72 Å². The van der Waals surface area contributed by atoms with E-state index in [1.165, 1.54) is 69.0 Å². The molecule has 3 unspecified atom stereocenters. The Labute approximate surface area is 593 Å². The number of epoxide rings is 1. The largest absolute Gasteiger partial charge is 0.495 e. The first kappa shape index (κ1) is 79.7. The third-order valence-corrected chi connectivity index (χ3v) is 23.6. The van der Waals surface area contributed by atoms with Crippen LogP contribution in [0.2, 0.25) is 5.02 Å². The number of nitrogens with one attached hydrogen (secondary N) is 4. The van der Waals surface area contributed by atoms with E-state index in [9.17, 15) is 53.1 Å². The molecule has 5 N–H and O–H groups in total. The molecule has 546 valence electrons. The highest BCUT2D eigenvalue weighted by Crippen LogP contribution is 2.50. The second kappa shape index (κ2) is 37.3. The number of allylic oxidation sites excluding steroid dienone is 3. The quantitative estimate of drug-likeness (QED) is 0.0439. The molecular formula is C68H101ClN8O18S3. The van der Waals surface area contributed by atoms with E-state index in [2.05, 4.69) is 21.3 Å². The summed E-state index contributed by atoms with van der Waals surface area (Å²) in [6.45, 7) is 12.0. The van der Waals surface area contributed by atoms with E-state index in [4.69, 9.17) is 44.8 Å². The molecule has 4 bridgehead atoms. The van der Waals surface area contributed by atoms with E-state index >= 15 is 0 Å². The summed E-state index contributed by atoms with van der Waals surface area (Å²) in [4.78, 5) is 140. The first-order valence-corrected chi connectivity index (χ1v) is 37.3. The summed E-state index contributed by atoms with van der Waals surface area (Å²) in [5.74, 6) is -2.26. The van der Waals surface area contributed by atoms with E-state index in [0.717, 1.165) is 40.4 Å². The highest BCUT2D eigenvalue weighted by Gasteiger charge is 2.64. The molecule has 7 rings (SSSR count). The Morgan fingerprint density at radius 1 is 0.918 bits per heavy atom. The Bertz CT molecular complexity index is 3040. The van der Waals surface area contributed by atoms with Crippen LogP contribution in [0.25, 0.3) is 0 Å². The van der Waals surface area contributed by atoms with Crippen LogP contribution in [0.3, 0.4) is 0 Å². The minimum absolute atomic E-state index is 0.00751. The monoisotopic (exact) mass is 1450 g/mol. The van der Waals surface area contributed by atoms with Gasteiger partial charge in [0.25, 0.3) is 0 Å². The van der Waals surface area contributed by atoms with Gasteiger partial charge >= 0.3 is 12.1 Å². The standard InChI is InChI=1S/C68H101ClN8O18S3/c1-42-15-14-18-52(90-10)68(88)40-48(93-65(87)73-68)43(2)62-67(6,95-62)53(39-58(82)75(8)46-36-45(35-42)37-47(89-9)61(46)69)94-64(86)44(3)74(7)60(84)41-66(4,5)98-51-38-59(83)77(63(51)85)28-30-92-32-31-91-29-25-72-54(78)19-20-57(81)76-26-23-70-55(79)21-33-96-49-16-12-11-13-17-50(49)97-34-22-56(80)71-24-27-76/h14-15,18,36-37,43-44,48-53,62,88H,11-13,16-17,19-35,38-41H2,1-10H3,(H,70,79)(H,71,80)(H,72,78)(H,73,87)/b18-14+,42-15+/t43-,44+,48+,49?,50?,51?,52-,53+,62+,67+,68+/m1/s1. The third-order valence-electron chi connectivity index (χ3n) is 18.7. The number of hydrogen-bond acceptors (Lipinski definition) is 21. The summed E-state index contributed by atoms with van der Waals surface area (Å²) in [5, 5.41) is 23.4. The Hall–Kier alpha value is -5.66. The minimum atomic E-state index is -1.90. The maximum atomic E-state index is 14.5. The predicted octanol–water partition coefficient (Wildman–Crippen LogP) is 5.50. The number of nitrogens with zero attached hydrogens (tertiary/aromatic N) is 4. The van der Waals surface area contributed by atoms with Gasteiger partial charge in [-0.3, -0.25) is 48.6 Å². The zero-order chi connectivity index (χ0) is 71.5. The minimum Gasteiger partial charge on any atom is -0.495 e. The molecule has 0 radical (unpaired) electrons. The van der Waals surface area contributed by atoms with Crippen LogP contribution in [0.4, 0.5) is 10.5 Å². The topological polar surface area (TPSA) is 320 Å². The smallest absolute Gasteiger partial charge is 0.409 e. The molecule has 5 fully saturated rings. The normalized spacial score (nSPS) is 28.6. The molecule has 30 heteroatoms. The van der Waals surface area contributed by atoms with Gasteiger partial charge < -0.3 is 68.9 Å². The van der Waals surface area contributed by atoms with E-state index in [1.54, 1.807) is 63.9 Å². The Kier molecular flexibility index (Phi) is 30.3. The van der Waals surface area contributed by atoms with Crippen LogP contribution < -0.4 is 30.9 Å². The fourth-order valence-electron chi connectivity index (χ4n) is 12.7. The number of esters is 1. The lowest BCUT2D eigenvalue weighted by Gasteiger charge is -2.42. The number of rotatable bonds is 21. The molecule has 1 aliphatic carbocycles. The number of ether oxygens (including phenoxy) is 7. The van der Waals surface area contributed by atoms with Gasteiger partial charge in [0.2, 0.25) is 47.3 Å². The summed E-state index contributed by atoms with van der Waals surface area (Å²) >= 11 is 11.7. The Morgan fingerprint density at radius 3 is 2.21 bits per heavy atom. The molecule has 98 heavy (non-hydrogen) atoms. The van der Waals surface area contributed by atoms with Gasteiger partial charge in [-0.05, 0) is 57.7 Å². The van der Waals surface area contributed by atoms with Crippen molar-refractivity contribution in [3.63, 3.8) is 0 Å². The molecule has 26 nitrogen and oxygen atoms in total. The Morgan fingerprint density at radius 2 is 1.57 bits per heavy atom. The van der Waals surface area contributed by atoms with Crippen LogP contribution in [0, 0.1) is 5.92 Å². The molecule has 11 atom stereocenters. The molecule has 5 aliphatic heterocycles. The lowest BCUT2D eigenvalue weighted by molar-refractivity contribution is -0.162. The fraction of sp³-hybridized carbons (Fsp3) is 0.706. The highest BCUT2D eigenvalue weighted by atomic mass is 35.5. The number of benzene rings is 1. The zero-order valence-corrected chi connectivity index (χ0v) is 61.5. The van der Waals surface area contributed by atoms with Gasteiger partial charge in [-0.15, -0.1) is 11.8 Å². The van der Waals surface area contributed by atoms with Gasteiger partial charge in [-0.2, -0.15) is 23.5 Å². The van der Waals surface area contributed by atoms with Crippen molar-refractivity contribution in [3.05, 3.63) is 46.5 Å². The molecule has 1 saturated carbocycles. The number of fused-ring (bicyclic) bond motifs is 6. The van der Waals surface area contributed by atoms with Gasteiger partial charge in [0.05, 0.1) is 63.5 Å². The summed E-state index contributed by atoms with van der Waals surface area (Å²) < 4.78 is 40.0. The average Bonchev–Trinajstić information content (AvgIpc) is 1.57. The number of aliphatic hydroxyl groups is 1. The molecule has 5 heterocycles. The molecule has 0 spiro atoms. The number of alkyl carbamates (subject to hydrolysis) is 1. The van der Waals surface area contributed by atoms with E-state index in [1.807, 2.05) is 36.5 Å². The number of anilines is 1. The summed E-state index contributed by atoms with van der Waals surface area (Å²) in [6, 6.07) is 2.33. The van der Waals surface area contributed by atoms with Crippen LogP contribution in [0.5, 0.6) is 5.75 Å². The number of imide groups is 1. The van der Waals surface area contributed by atoms with Gasteiger partial charge in [0.1, 0.15) is 40.7 Å². The summed E-state index contributed by atoms with van der Waals surface area (Å²) in [7, 11) is 5.85. The number of likely N-dealkylation sites (tertiary alicyclic amines) is 1. The van der Waals surface area contributed by atoms with Crippen LogP contribution >= 0.6 is 46.9 Å². The number of methoxy groups -OCH3 is 2. The van der Waals surface area contributed by atoms with Crippen molar-refractivity contribution in [3.8, 4) is 5.75 Å². The summed E-state index contributed by atoms with van der Waals surface area (Å²) in [6.07, 6.45) is 6.45. The van der Waals surface area contributed by atoms with Crippen LogP contribution in [0.15, 0.2) is 35.9 Å². The SMILES string of the molecule is COc1cc2cc(c1Cl)N(C)C(=O)C[C@H](OC(=O)[C@H](C)N(C)C(=O)CC(C)(C)SC1CC(=O)N(CCOCCOCCNC(=O)CCC(=O)N3CCNC(=O)CCSC4CCCCCC4SCCC(=O)NCC3)C1=O)[C@]1(C)O[C@H]1[C@H](C)[C@@H]1C[C@@](O)(NC(=O)O1)[C@H](OC)/C=C/C=C(\C)C2. The fourth-order valence-corrected chi connectivity index (χ4v) is 17.5. The average molecular weight is 1450 g/mol. The van der Waals surface area contributed by atoms with Crippen molar-refractivity contribution in [2.45, 2.75) is 194 Å². The van der Waals surface area contributed by atoms with Crippen molar-refractivity contribution in [1.82, 2.24) is 36.0 Å². The first-order chi connectivity index (χ1) is 46.6. The molecule has 9 amide bonds. The number of thioether (sulfide) groups is 3. The van der Waals surface area contributed by atoms with Crippen molar-refractivity contribution in [2.24, 2.45) is 5.92 Å². The lowest BCUT2D eigenvalue weighted by atomic mass is 9.83. The molecule has 6 aliphatic rings. The predicted molar refractivity (Wildman–Crippen MR) is 374 cm³/mol. The number of amides is 9. The number of hydrogen-bond donors (Lipinski definition) is 5. The van der Waals surface area contributed by atoms with Gasteiger partial charge in [-0.25, -0.2) is 9.59 Å². The van der Waals surface area contributed by atoms with Crippen LogP contribution in [0.1, 0.15) is 131 Å². The molecule has 4 saturated heterocycles. The van der Waals surface area contributed by atoms with Crippen molar-refractivity contribution in [2.75, 3.05) is 110 Å². The third kappa shape index (κ3) is 22.7. The summed E-state index contributed by atoms with van der Waals surface area (Å²) in [5.41, 5.74) is -1.28. The van der Waals surface area contributed by atoms with E-state index in [0.29, 0.717) is 41.2 Å².